The molecule has 15 heavy (non-hydrogen) atoms. The van der Waals surface area contributed by atoms with Crippen molar-refractivity contribution in [3.05, 3.63) is 35.4 Å². The molecule has 82 valence electrons. The first-order valence-electron chi connectivity index (χ1n) is 6.34. The topological polar surface area (TPSA) is 0 Å². The van der Waals surface area contributed by atoms with Gasteiger partial charge in [0.2, 0.25) is 0 Å². The smallest absolute Gasteiger partial charge is 0.0219 e. The Morgan fingerprint density at radius 2 is 1.67 bits per heavy atom. The largest absolute Gasteiger partial charge is 0.0588 e. The van der Waals surface area contributed by atoms with Crippen molar-refractivity contribution >= 4 is 0 Å². The van der Waals surface area contributed by atoms with Gasteiger partial charge in [-0.15, -0.1) is 0 Å². The highest BCUT2D eigenvalue weighted by molar-refractivity contribution is 5.25. The number of hydrogen-bond acceptors (Lipinski definition) is 0. The van der Waals surface area contributed by atoms with Gasteiger partial charge in [-0.1, -0.05) is 63.8 Å². The minimum atomic E-state index is 0.658. The Hall–Kier alpha value is -0.780. The summed E-state index contributed by atoms with van der Waals surface area (Å²) >= 11 is 0. The molecule has 1 aliphatic carbocycles. The van der Waals surface area contributed by atoms with Crippen LogP contribution in [0.2, 0.25) is 0 Å². The summed E-state index contributed by atoms with van der Waals surface area (Å²) in [5, 5.41) is 0. The van der Waals surface area contributed by atoms with E-state index in [0.717, 1.165) is 5.92 Å². The van der Waals surface area contributed by atoms with Crippen LogP contribution in [0.25, 0.3) is 0 Å². The van der Waals surface area contributed by atoms with E-state index >= 15 is 0 Å². The van der Waals surface area contributed by atoms with Gasteiger partial charge in [-0.2, -0.15) is 0 Å². The SMILES string of the molecule is CC(C)c1ccc(CC2CCCC2)cc1. The van der Waals surface area contributed by atoms with Gasteiger partial charge in [0.1, 0.15) is 0 Å². The Morgan fingerprint density at radius 3 is 2.20 bits per heavy atom. The second kappa shape index (κ2) is 4.83. The first kappa shape index (κ1) is 10.7. The van der Waals surface area contributed by atoms with Crippen LogP contribution in [-0.2, 0) is 6.42 Å². The molecule has 0 heteroatoms. The van der Waals surface area contributed by atoms with Gasteiger partial charge in [0.15, 0.2) is 0 Å². The van der Waals surface area contributed by atoms with E-state index in [9.17, 15) is 0 Å². The molecule has 1 aliphatic rings. The zero-order valence-electron chi connectivity index (χ0n) is 10.00. The minimum Gasteiger partial charge on any atom is -0.0588 e. The number of rotatable bonds is 3. The van der Waals surface area contributed by atoms with Gasteiger partial charge in [0.05, 0.1) is 0 Å². The van der Waals surface area contributed by atoms with Crippen LogP contribution < -0.4 is 0 Å². The molecule has 0 aromatic heterocycles. The maximum absolute atomic E-state index is 2.33. The van der Waals surface area contributed by atoms with Crippen LogP contribution in [0.3, 0.4) is 0 Å². The highest BCUT2D eigenvalue weighted by Gasteiger charge is 2.15. The van der Waals surface area contributed by atoms with E-state index in [1.165, 1.54) is 43.2 Å². The molecule has 0 amide bonds. The van der Waals surface area contributed by atoms with E-state index in [4.69, 9.17) is 0 Å². The Labute approximate surface area is 93.7 Å². The predicted octanol–water partition coefficient (Wildman–Crippen LogP) is 4.54. The second-order valence-electron chi connectivity index (χ2n) is 5.25. The Morgan fingerprint density at radius 1 is 1.07 bits per heavy atom. The van der Waals surface area contributed by atoms with Crippen molar-refractivity contribution in [3.8, 4) is 0 Å². The van der Waals surface area contributed by atoms with E-state index in [1.807, 2.05) is 0 Å². The molecule has 0 nitrogen and oxygen atoms in total. The molecule has 0 atom stereocenters. The third-order valence-corrected chi connectivity index (χ3v) is 3.65. The van der Waals surface area contributed by atoms with Crippen molar-refractivity contribution < 1.29 is 0 Å². The summed E-state index contributed by atoms with van der Waals surface area (Å²) in [5.41, 5.74) is 3.00. The van der Waals surface area contributed by atoms with E-state index in [0.29, 0.717) is 5.92 Å². The van der Waals surface area contributed by atoms with Gasteiger partial charge in [-0.25, -0.2) is 0 Å². The molecule has 0 spiro atoms. The molecule has 1 aromatic carbocycles. The van der Waals surface area contributed by atoms with E-state index < -0.39 is 0 Å². The molecule has 0 unspecified atom stereocenters. The highest BCUT2D eigenvalue weighted by atomic mass is 14.2. The third-order valence-electron chi connectivity index (χ3n) is 3.65. The zero-order chi connectivity index (χ0) is 10.7. The zero-order valence-corrected chi connectivity index (χ0v) is 10.00. The summed E-state index contributed by atoms with van der Waals surface area (Å²) < 4.78 is 0. The van der Waals surface area contributed by atoms with Crippen molar-refractivity contribution in [1.82, 2.24) is 0 Å². The molecule has 0 N–H and O–H groups in total. The maximum Gasteiger partial charge on any atom is -0.0219 e. The molecule has 1 aromatic rings. The molecule has 0 heterocycles. The van der Waals surface area contributed by atoms with Gasteiger partial charge < -0.3 is 0 Å². The Bertz CT molecular complexity index is 288. The van der Waals surface area contributed by atoms with Crippen molar-refractivity contribution in [3.63, 3.8) is 0 Å². The van der Waals surface area contributed by atoms with Crippen molar-refractivity contribution in [2.75, 3.05) is 0 Å². The van der Waals surface area contributed by atoms with Crippen LogP contribution in [0, 0.1) is 5.92 Å². The summed E-state index contributed by atoms with van der Waals surface area (Å²) in [6, 6.07) is 9.26. The van der Waals surface area contributed by atoms with Crippen molar-refractivity contribution in [1.29, 1.82) is 0 Å². The summed E-state index contributed by atoms with van der Waals surface area (Å²) in [7, 11) is 0. The van der Waals surface area contributed by atoms with Gasteiger partial charge in [0, 0.05) is 0 Å². The molecule has 0 bridgehead atoms. The molecule has 2 rings (SSSR count). The molecule has 0 saturated heterocycles. The van der Waals surface area contributed by atoms with Gasteiger partial charge in [-0.3, -0.25) is 0 Å². The second-order valence-corrected chi connectivity index (χ2v) is 5.25. The fourth-order valence-electron chi connectivity index (χ4n) is 2.59. The van der Waals surface area contributed by atoms with E-state index in [2.05, 4.69) is 38.1 Å². The lowest BCUT2D eigenvalue weighted by molar-refractivity contribution is 0.546. The van der Waals surface area contributed by atoms with Crippen molar-refractivity contribution in [2.24, 2.45) is 5.92 Å². The maximum atomic E-state index is 2.33. The van der Waals surface area contributed by atoms with Gasteiger partial charge >= 0.3 is 0 Å². The Balaban J connectivity index is 1.97. The molecular formula is C15H22. The van der Waals surface area contributed by atoms with Crippen LogP contribution in [0.1, 0.15) is 56.6 Å². The third kappa shape index (κ3) is 2.84. The van der Waals surface area contributed by atoms with Crippen LogP contribution in [-0.4, -0.2) is 0 Å². The van der Waals surface area contributed by atoms with Crippen LogP contribution >= 0.6 is 0 Å². The van der Waals surface area contributed by atoms with Gasteiger partial charge in [0.25, 0.3) is 0 Å². The van der Waals surface area contributed by atoms with E-state index in [1.54, 1.807) is 0 Å². The summed E-state index contributed by atoms with van der Waals surface area (Å²) in [5.74, 6) is 1.63. The molecule has 0 aliphatic heterocycles. The lowest BCUT2D eigenvalue weighted by Gasteiger charge is -2.10. The lowest BCUT2D eigenvalue weighted by atomic mass is 9.95. The highest BCUT2D eigenvalue weighted by Crippen LogP contribution is 2.28. The van der Waals surface area contributed by atoms with Crippen molar-refractivity contribution in [2.45, 2.75) is 51.9 Å². The fraction of sp³-hybridized carbons (Fsp3) is 0.600. The molecular weight excluding hydrogens is 180 g/mol. The summed E-state index contributed by atoms with van der Waals surface area (Å²) in [6.45, 7) is 4.51. The normalized spacial score (nSPS) is 17.5. The summed E-state index contributed by atoms with van der Waals surface area (Å²) in [4.78, 5) is 0. The average Bonchev–Trinajstić information content (AvgIpc) is 2.71. The predicted molar refractivity (Wildman–Crippen MR) is 66.2 cm³/mol. The average molecular weight is 202 g/mol. The molecule has 0 radical (unpaired) electrons. The van der Waals surface area contributed by atoms with Gasteiger partial charge in [-0.05, 0) is 29.4 Å². The van der Waals surface area contributed by atoms with Crippen LogP contribution in [0.5, 0.6) is 0 Å². The minimum absolute atomic E-state index is 0.658. The molecule has 1 saturated carbocycles. The number of benzene rings is 1. The number of hydrogen-bond donors (Lipinski definition) is 0. The molecule has 1 fully saturated rings. The Kier molecular flexibility index (Phi) is 3.45. The first-order valence-corrected chi connectivity index (χ1v) is 6.34. The van der Waals surface area contributed by atoms with Crippen LogP contribution in [0.4, 0.5) is 0 Å². The summed E-state index contributed by atoms with van der Waals surface area (Å²) in [6.07, 6.45) is 7.11. The van der Waals surface area contributed by atoms with Crippen LogP contribution in [0.15, 0.2) is 24.3 Å². The fourth-order valence-corrected chi connectivity index (χ4v) is 2.59. The van der Waals surface area contributed by atoms with E-state index in [-0.39, 0.29) is 0 Å². The first-order chi connectivity index (χ1) is 7.25. The quantitative estimate of drug-likeness (QED) is 0.675. The monoisotopic (exact) mass is 202 g/mol. The standard InChI is InChI=1S/C15H22/c1-12(2)15-9-7-14(8-10-15)11-13-5-3-4-6-13/h7-10,12-13H,3-6,11H2,1-2H3. The lowest BCUT2D eigenvalue weighted by Crippen LogP contribution is -1.98.